The van der Waals surface area contributed by atoms with Crippen LogP contribution < -0.4 is 4.57 Å². The van der Waals surface area contributed by atoms with E-state index in [1.54, 1.807) is 0 Å². The number of hydrogen-bond acceptors (Lipinski definition) is 1. The van der Waals surface area contributed by atoms with E-state index in [-0.39, 0.29) is 0 Å². The summed E-state index contributed by atoms with van der Waals surface area (Å²) in [4.78, 5) is 4.58. The lowest BCUT2D eigenvalue weighted by Gasteiger charge is -2.11. The van der Waals surface area contributed by atoms with Crippen LogP contribution in [0.3, 0.4) is 0 Å². The van der Waals surface area contributed by atoms with Crippen LogP contribution in [0.5, 0.6) is 0 Å². The summed E-state index contributed by atoms with van der Waals surface area (Å²) in [5, 5.41) is 0. The van der Waals surface area contributed by atoms with Crippen molar-refractivity contribution in [3.05, 3.63) is 70.5 Å². The van der Waals surface area contributed by atoms with Crippen LogP contribution in [0.1, 0.15) is 27.9 Å². The Balaban J connectivity index is 1.93. The Bertz CT molecular complexity index is 939. The Morgan fingerprint density at radius 1 is 1.00 bits per heavy atom. The van der Waals surface area contributed by atoms with E-state index >= 15 is 0 Å². The summed E-state index contributed by atoms with van der Waals surface area (Å²) >= 11 is 0. The number of rotatable bonds is 1. The molecule has 0 saturated carbocycles. The molecule has 23 heavy (non-hydrogen) atoms. The van der Waals surface area contributed by atoms with Gasteiger partial charge in [-0.15, -0.1) is 0 Å². The average molecular weight is 301 g/mol. The van der Waals surface area contributed by atoms with Crippen molar-refractivity contribution in [2.45, 2.75) is 27.2 Å². The molecule has 1 aromatic carbocycles. The van der Waals surface area contributed by atoms with Gasteiger partial charge in [-0.3, -0.25) is 4.98 Å². The van der Waals surface area contributed by atoms with Crippen molar-refractivity contribution >= 4 is 0 Å². The van der Waals surface area contributed by atoms with E-state index in [1.807, 2.05) is 12.3 Å². The summed E-state index contributed by atoms with van der Waals surface area (Å²) in [6, 6.07) is 13.2. The maximum Gasteiger partial charge on any atom is 0.212 e. The number of pyridine rings is 2. The fraction of sp³-hybridized carbons (Fsp3) is 0.238. The van der Waals surface area contributed by atoms with E-state index in [0.29, 0.717) is 0 Å². The molecule has 1 aliphatic rings. The average Bonchev–Trinajstić information content (AvgIpc) is 2.91. The van der Waals surface area contributed by atoms with Gasteiger partial charge in [0.2, 0.25) is 5.69 Å². The molecule has 0 unspecified atom stereocenters. The Morgan fingerprint density at radius 3 is 2.65 bits per heavy atom. The van der Waals surface area contributed by atoms with Gasteiger partial charge >= 0.3 is 0 Å². The van der Waals surface area contributed by atoms with Crippen LogP contribution in [0.2, 0.25) is 0 Å². The molecule has 0 N–H and O–H groups in total. The largest absolute Gasteiger partial charge is 0.256 e. The standard InChI is InChI=1S/C21H21N2/c1-13-10-14(2)15(3)18(11-13)19-8-7-17-20(23(19)4)12-16-6-5-9-22-21(16)17/h5-11H,12H2,1-4H3/q+1. The monoisotopic (exact) mass is 301 g/mol. The molecule has 0 bridgehead atoms. The normalized spacial score (nSPS) is 12.2. The minimum absolute atomic E-state index is 0.965. The zero-order valence-corrected chi connectivity index (χ0v) is 14.1. The first-order valence-electron chi connectivity index (χ1n) is 8.10. The molecule has 1 aliphatic carbocycles. The van der Waals surface area contributed by atoms with Crippen molar-refractivity contribution in [3.8, 4) is 22.5 Å². The molecule has 114 valence electrons. The summed E-state index contributed by atoms with van der Waals surface area (Å²) in [5.74, 6) is 0. The van der Waals surface area contributed by atoms with E-state index in [2.05, 4.69) is 67.7 Å². The van der Waals surface area contributed by atoms with Crippen molar-refractivity contribution < 1.29 is 4.57 Å². The van der Waals surface area contributed by atoms with E-state index in [9.17, 15) is 0 Å². The first kappa shape index (κ1) is 14.1. The lowest BCUT2D eigenvalue weighted by atomic mass is 9.96. The Morgan fingerprint density at radius 2 is 1.83 bits per heavy atom. The molecule has 4 rings (SSSR count). The summed E-state index contributed by atoms with van der Waals surface area (Å²) < 4.78 is 2.35. The highest BCUT2D eigenvalue weighted by Gasteiger charge is 2.29. The minimum Gasteiger partial charge on any atom is -0.256 e. The molecule has 0 atom stereocenters. The molecule has 0 radical (unpaired) electrons. The molecule has 2 heterocycles. The maximum atomic E-state index is 4.58. The first-order chi connectivity index (χ1) is 11.1. The van der Waals surface area contributed by atoms with Gasteiger partial charge in [-0.05, 0) is 55.7 Å². The van der Waals surface area contributed by atoms with Gasteiger partial charge in [-0.25, -0.2) is 0 Å². The summed E-state index contributed by atoms with van der Waals surface area (Å²) in [7, 11) is 2.18. The molecule has 0 aliphatic heterocycles. The molecule has 2 aromatic heterocycles. The van der Waals surface area contributed by atoms with Gasteiger partial charge in [0, 0.05) is 17.8 Å². The summed E-state index contributed by atoms with van der Waals surface area (Å²) in [6.45, 7) is 6.58. The topological polar surface area (TPSA) is 16.8 Å². The zero-order valence-electron chi connectivity index (χ0n) is 14.1. The highest BCUT2D eigenvalue weighted by atomic mass is 15.0. The molecule has 0 fully saturated rings. The fourth-order valence-corrected chi connectivity index (χ4v) is 3.71. The van der Waals surface area contributed by atoms with Gasteiger partial charge in [0.15, 0.2) is 5.69 Å². The number of benzene rings is 1. The molecule has 0 amide bonds. The quantitative estimate of drug-likeness (QED) is 0.484. The predicted molar refractivity (Wildman–Crippen MR) is 93.3 cm³/mol. The molecular formula is C21H21N2+. The van der Waals surface area contributed by atoms with Crippen LogP contribution >= 0.6 is 0 Å². The van der Waals surface area contributed by atoms with Crippen LogP contribution in [-0.4, -0.2) is 4.98 Å². The molecule has 2 heteroatoms. The van der Waals surface area contributed by atoms with E-state index in [0.717, 1.165) is 12.1 Å². The third-order valence-electron chi connectivity index (χ3n) is 5.08. The molecule has 0 saturated heterocycles. The third-order valence-corrected chi connectivity index (χ3v) is 5.08. The predicted octanol–water partition coefficient (Wildman–Crippen LogP) is 4.07. The minimum atomic E-state index is 0.965. The van der Waals surface area contributed by atoms with Crippen molar-refractivity contribution in [1.29, 1.82) is 0 Å². The molecule has 0 spiro atoms. The van der Waals surface area contributed by atoms with Gasteiger partial charge in [-0.2, -0.15) is 4.57 Å². The van der Waals surface area contributed by atoms with Gasteiger partial charge < -0.3 is 0 Å². The van der Waals surface area contributed by atoms with Crippen molar-refractivity contribution in [1.82, 2.24) is 4.98 Å². The van der Waals surface area contributed by atoms with Gasteiger partial charge in [-0.1, -0.05) is 17.7 Å². The van der Waals surface area contributed by atoms with Crippen molar-refractivity contribution in [2.24, 2.45) is 7.05 Å². The second kappa shape index (κ2) is 5.02. The van der Waals surface area contributed by atoms with Gasteiger partial charge in [0.1, 0.15) is 7.05 Å². The zero-order chi connectivity index (χ0) is 16.1. The van der Waals surface area contributed by atoms with Crippen LogP contribution in [0.25, 0.3) is 22.5 Å². The summed E-state index contributed by atoms with van der Waals surface area (Å²) in [6.07, 6.45) is 2.85. The van der Waals surface area contributed by atoms with Crippen LogP contribution in [0.4, 0.5) is 0 Å². The number of nitrogens with zero attached hydrogens (tertiary/aromatic N) is 2. The van der Waals surface area contributed by atoms with E-state index in [4.69, 9.17) is 0 Å². The lowest BCUT2D eigenvalue weighted by molar-refractivity contribution is -0.666. The number of hydrogen-bond donors (Lipinski definition) is 0. The highest BCUT2D eigenvalue weighted by Crippen LogP contribution is 2.34. The van der Waals surface area contributed by atoms with Gasteiger partial charge in [0.05, 0.1) is 17.7 Å². The van der Waals surface area contributed by atoms with Gasteiger partial charge in [0.25, 0.3) is 0 Å². The molecule has 3 aromatic rings. The SMILES string of the molecule is Cc1cc(C)c(C)c(-c2ccc3c([n+]2C)Cc2cccnc2-3)c1. The Hall–Kier alpha value is -2.48. The maximum absolute atomic E-state index is 4.58. The number of fused-ring (bicyclic) bond motifs is 3. The fourth-order valence-electron chi connectivity index (χ4n) is 3.71. The number of aryl methyl sites for hydroxylation is 2. The van der Waals surface area contributed by atoms with Crippen molar-refractivity contribution in [3.63, 3.8) is 0 Å². The second-order valence-corrected chi connectivity index (χ2v) is 6.58. The highest BCUT2D eigenvalue weighted by molar-refractivity contribution is 5.73. The van der Waals surface area contributed by atoms with Crippen molar-refractivity contribution in [2.75, 3.05) is 0 Å². The molecule has 2 nitrogen and oxygen atoms in total. The third kappa shape index (κ3) is 2.09. The second-order valence-electron chi connectivity index (χ2n) is 6.58. The lowest BCUT2D eigenvalue weighted by Crippen LogP contribution is -2.36. The first-order valence-corrected chi connectivity index (χ1v) is 8.10. The Labute approximate surface area is 137 Å². The van der Waals surface area contributed by atoms with E-state index in [1.165, 1.54) is 44.8 Å². The molecular weight excluding hydrogens is 280 g/mol. The van der Waals surface area contributed by atoms with Crippen LogP contribution in [-0.2, 0) is 13.5 Å². The smallest absolute Gasteiger partial charge is 0.212 e. The van der Waals surface area contributed by atoms with E-state index < -0.39 is 0 Å². The number of aromatic nitrogens is 2. The van der Waals surface area contributed by atoms with Crippen LogP contribution in [0.15, 0.2) is 42.6 Å². The Kier molecular flexibility index (Phi) is 3.08. The van der Waals surface area contributed by atoms with Crippen LogP contribution in [0, 0.1) is 20.8 Å². The summed E-state index contributed by atoms with van der Waals surface area (Å²) in [5.41, 5.74) is 11.7.